The summed E-state index contributed by atoms with van der Waals surface area (Å²) in [6, 6.07) is 13.2. The molecule has 2 aromatic carbocycles. The number of aryl methyl sites for hydroxylation is 1. The van der Waals surface area contributed by atoms with Gasteiger partial charge in [-0.05, 0) is 31.2 Å². The summed E-state index contributed by atoms with van der Waals surface area (Å²) in [6.07, 6.45) is 1.68. The zero-order valence-corrected chi connectivity index (χ0v) is 17.8. The lowest BCUT2D eigenvalue weighted by atomic mass is 10.1. The molecule has 2 N–H and O–H groups in total. The second-order valence-corrected chi connectivity index (χ2v) is 7.61. The van der Waals surface area contributed by atoms with E-state index < -0.39 is 5.82 Å². The highest BCUT2D eigenvalue weighted by Gasteiger charge is 2.15. The first-order valence-corrected chi connectivity index (χ1v) is 10.5. The van der Waals surface area contributed by atoms with Crippen molar-refractivity contribution in [2.24, 2.45) is 0 Å². The van der Waals surface area contributed by atoms with Crippen LogP contribution in [-0.4, -0.2) is 32.3 Å². The van der Waals surface area contributed by atoms with Crippen molar-refractivity contribution in [3.63, 3.8) is 0 Å². The van der Waals surface area contributed by atoms with Gasteiger partial charge in [-0.15, -0.1) is 16.8 Å². The quantitative estimate of drug-likeness (QED) is 0.393. The Hall–Kier alpha value is -3.46. The van der Waals surface area contributed by atoms with Crippen LogP contribution in [0.3, 0.4) is 0 Å². The van der Waals surface area contributed by atoms with Crippen molar-refractivity contribution in [1.82, 2.24) is 20.1 Å². The van der Waals surface area contributed by atoms with E-state index in [1.54, 1.807) is 34.9 Å². The number of nitrogens with one attached hydrogen (secondary N) is 2. The SMILES string of the molecule is C=CCn1c(CNC(=O)c2ccc(C)cc2)nnc1SCC(=O)Nc1ccccc1F. The minimum Gasteiger partial charge on any atom is -0.345 e. The second kappa shape index (κ2) is 10.5. The van der Waals surface area contributed by atoms with Crippen LogP contribution in [0.2, 0.25) is 0 Å². The number of rotatable bonds is 9. The van der Waals surface area contributed by atoms with E-state index in [0.717, 1.165) is 5.56 Å². The van der Waals surface area contributed by atoms with Crippen LogP contribution in [0.25, 0.3) is 0 Å². The summed E-state index contributed by atoms with van der Waals surface area (Å²) in [4.78, 5) is 24.5. The van der Waals surface area contributed by atoms with Gasteiger partial charge in [-0.3, -0.25) is 9.59 Å². The van der Waals surface area contributed by atoms with Crippen LogP contribution in [0.4, 0.5) is 10.1 Å². The van der Waals surface area contributed by atoms with Gasteiger partial charge in [-0.25, -0.2) is 4.39 Å². The summed E-state index contributed by atoms with van der Waals surface area (Å²) in [5, 5.41) is 14.1. The lowest BCUT2D eigenvalue weighted by molar-refractivity contribution is -0.113. The number of hydrogen-bond donors (Lipinski definition) is 2. The third-order valence-electron chi connectivity index (χ3n) is 4.31. The van der Waals surface area contributed by atoms with Gasteiger partial charge in [0.05, 0.1) is 18.0 Å². The van der Waals surface area contributed by atoms with E-state index in [4.69, 9.17) is 0 Å². The molecule has 0 spiro atoms. The molecule has 0 unspecified atom stereocenters. The van der Waals surface area contributed by atoms with Crippen LogP contribution >= 0.6 is 11.8 Å². The van der Waals surface area contributed by atoms with E-state index in [2.05, 4.69) is 27.4 Å². The van der Waals surface area contributed by atoms with Crippen molar-refractivity contribution in [3.05, 3.63) is 84.0 Å². The summed E-state index contributed by atoms with van der Waals surface area (Å²) in [7, 11) is 0. The minimum atomic E-state index is -0.498. The molecule has 0 saturated carbocycles. The molecule has 0 aliphatic heterocycles. The van der Waals surface area contributed by atoms with Gasteiger partial charge >= 0.3 is 0 Å². The van der Waals surface area contributed by atoms with E-state index >= 15 is 0 Å². The van der Waals surface area contributed by atoms with Gasteiger partial charge in [0.2, 0.25) is 5.91 Å². The Bertz CT molecular complexity index is 1080. The molecular formula is C22H22FN5O2S. The number of aromatic nitrogens is 3. The van der Waals surface area contributed by atoms with Gasteiger partial charge < -0.3 is 15.2 Å². The Kier molecular flexibility index (Phi) is 7.55. The van der Waals surface area contributed by atoms with Crippen molar-refractivity contribution >= 4 is 29.3 Å². The molecule has 3 rings (SSSR count). The molecule has 9 heteroatoms. The fourth-order valence-electron chi connectivity index (χ4n) is 2.71. The molecule has 0 aliphatic rings. The van der Waals surface area contributed by atoms with Crippen molar-refractivity contribution in [2.75, 3.05) is 11.1 Å². The lowest BCUT2D eigenvalue weighted by Crippen LogP contribution is -2.24. The molecule has 0 radical (unpaired) electrons. The molecule has 31 heavy (non-hydrogen) atoms. The van der Waals surface area contributed by atoms with Crippen LogP contribution < -0.4 is 10.6 Å². The number of carbonyl (C=O) groups excluding carboxylic acids is 2. The Labute approximate surface area is 183 Å². The maximum atomic E-state index is 13.7. The summed E-state index contributed by atoms with van der Waals surface area (Å²) in [6.45, 7) is 6.28. The smallest absolute Gasteiger partial charge is 0.251 e. The summed E-state index contributed by atoms with van der Waals surface area (Å²) in [5.74, 6) is -0.511. The summed E-state index contributed by atoms with van der Waals surface area (Å²) in [5.41, 5.74) is 1.75. The Morgan fingerprint density at radius 2 is 1.90 bits per heavy atom. The highest BCUT2D eigenvalue weighted by Crippen LogP contribution is 2.19. The van der Waals surface area contributed by atoms with Crippen molar-refractivity contribution in [1.29, 1.82) is 0 Å². The molecule has 0 bridgehead atoms. The molecule has 7 nitrogen and oxygen atoms in total. The number of benzene rings is 2. The van der Waals surface area contributed by atoms with Gasteiger partial charge in [-0.2, -0.15) is 0 Å². The van der Waals surface area contributed by atoms with Crippen LogP contribution in [0.5, 0.6) is 0 Å². The summed E-state index contributed by atoms with van der Waals surface area (Å²) < 4.78 is 15.4. The fourth-order valence-corrected chi connectivity index (χ4v) is 3.48. The minimum absolute atomic E-state index is 0.0271. The van der Waals surface area contributed by atoms with Crippen molar-refractivity contribution < 1.29 is 14.0 Å². The first kappa shape index (κ1) is 22.2. The van der Waals surface area contributed by atoms with Crippen LogP contribution in [0.1, 0.15) is 21.7 Å². The molecule has 0 atom stereocenters. The number of allylic oxidation sites excluding steroid dienone is 1. The number of amides is 2. The largest absolute Gasteiger partial charge is 0.345 e. The molecular weight excluding hydrogens is 417 g/mol. The number of carbonyl (C=O) groups is 2. The van der Waals surface area contributed by atoms with Crippen LogP contribution in [-0.2, 0) is 17.9 Å². The maximum Gasteiger partial charge on any atom is 0.251 e. The Balaban J connectivity index is 1.61. The van der Waals surface area contributed by atoms with Gasteiger partial charge in [0, 0.05) is 12.1 Å². The number of para-hydroxylation sites is 1. The first-order valence-electron chi connectivity index (χ1n) is 9.53. The van der Waals surface area contributed by atoms with Gasteiger partial charge in [0.25, 0.3) is 5.91 Å². The Morgan fingerprint density at radius 1 is 1.16 bits per heavy atom. The molecule has 1 aromatic heterocycles. The van der Waals surface area contributed by atoms with Crippen LogP contribution in [0.15, 0.2) is 66.3 Å². The average molecular weight is 440 g/mol. The normalized spacial score (nSPS) is 10.5. The van der Waals surface area contributed by atoms with Crippen molar-refractivity contribution in [3.8, 4) is 0 Å². The van der Waals surface area contributed by atoms with E-state index in [0.29, 0.717) is 23.1 Å². The molecule has 160 valence electrons. The first-order chi connectivity index (χ1) is 15.0. The highest BCUT2D eigenvalue weighted by molar-refractivity contribution is 7.99. The highest BCUT2D eigenvalue weighted by atomic mass is 32.2. The number of hydrogen-bond acceptors (Lipinski definition) is 5. The lowest BCUT2D eigenvalue weighted by Gasteiger charge is -2.09. The third-order valence-corrected chi connectivity index (χ3v) is 5.27. The van der Waals surface area contributed by atoms with Gasteiger partial charge in [0.1, 0.15) is 5.82 Å². The predicted octanol–water partition coefficient (Wildman–Crippen LogP) is 3.57. The van der Waals surface area contributed by atoms with Crippen LogP contribution in [0, 0.1) is 12.7 Å². The topological polar surface area (TPSA) is 88.9 Å². The molecule has 1 heterocycles. The number of halogens is 1. The second-order valence-electron chi connectivity index (χ2n) is 6.66. The average Bonchev–Trinajstić information content (AvgIpc) is 3.14. The maximum absolute atomic E-state index is 13.7. The molecule has 2 amide bonds. The van der Waals surface area contributed by atoms with Gasteiger partial charge in [0.15, 0.2) is 11.0 Å². The zero-order valence-electron chi connectivity index (χ0n) is 17.0. The fraction of sp³-hybridized carbons (Fsp3) is 0.182. The molecule has 3 aromatic rings. The standard InChI is InChI=1S/C22H22FN5O2S/c1-3-12-28-19(13-24-21(30)16-10-8-15(2)9-11-16)26-27-22(28)31-14-20(29)25-18-7-5-4-6-17(18)23/h3-11H,1,12-14H2,2H3,(H,24,30)(H,25,29). The van der Waals surface area contributed by atoms with E-state index in [-0.39, 0.29) is 29.8 Å². The predicted molar refractivity (Wildman–Crippen MR) is 118 cm³/mol. The number of anilines is 1. The summed E-state index contributed by atoms with van der Waals surface area (Å²) >= 11 is 1.17. The molecule has 0 fully saturated rings. The van der Waals surface area contributed by atoms with E-state index in [1.807, 2.05) is 19.1 Å². The number of thioether (sulfide) groups is 1. The zero-order chi connectivity index (χ0) is 22.2. The van der Waals surface area contributed by atoms with Gasteiger partial charge in [-0.1, -0.05) is 47.7 Å². The molecule has 0 saturated heterocycles. The van der Waals surface area contributed by atoms with Crippen molar-refractivity contribution in [2.45, 2.75) is 25.2 Å². The van der Waals surface area contributed by atoms with E-state index in [9.17, 15) is 14.0 Å². The molecule has 0 aliphatic carbocycles. The monoisotopic (exact) mass is 439 g/mol. The number of nitrogens with zero attached hydrogens (tertiary/aromatic N) is 3. The third kappa shape index (κ3) is 6.02. The Morgan fingerprint density at radius 3 is 2.61 bits per heavy atom. The van der Waals surface area contributed by atoms with E-state index in [1.165, 1.54) is 23.9 Å².